The summed E-state index contributed by atoms with van der Waals surface area (Å²) in [6, 6.07) is 15.3. The number of fused-ring (bicyclic) bond motifs is 1. The van der Waals surface area contributed by atoms with Crippen LogP contribution in [0, 0.1) is 0 Å². The second-order valence-electron chi connectivity index (χ2n) is 4.82. The van der Waals surface area contributed by atoms with Crippen LogP contribution in [0.3, 0.4) is 0 Å². The van der Waals surface area contributed by atoms with Gasteiger partial charge in [-0.2, -0.15) is 0 Å². The molecule has 0 saturated heterocycles. The number of nitrogens with zero attached hydrogens (tertiary/aromatic N) is 1. The molecule has 1 heterocycles. The number of halogens is 1. The second kappa shape index (κ2) is 5.22. The van der Waals surface area contributed by atoms with E-state index in [1.807, 2.05) is 48.5 Å². The molecule has 0 atom stereocenters. The number of hydrogen-bond acceptors (Lipinski definition) is 2. The average Bonchev–Trinajstić information content (AvgIpc) is 2.57. The van der Waals surface area contributed by atoms with Crippen LogP contribution in [0.25, 0.3) is 0 Å². The first-order valence-electron chi connectivity index (χ1n) is 6.39. The van der Waals surface area contributed by atoms with Gasteiger partial charge < -0.3 is 0 Å². The third-order valence-corrected chi connectivity index (χ3v) is 5.77. The molecule has 2 aromatic carbocycles. The van der Waals surface area contributed by atoms with Crippen LogP contribution in [0.2, 0.25) is 0 Å². The fourth-order valence-electron chi connectivity index (χ4n) is 2.42. The minimum Gasteiger partial charge on any atom is -0.266 e. The largest absolute Gasteiger partial charge is 0.266 e. The zero-order valence-corrected chi connectivity index (χ0v) is 13.2. The summed E-state index contributed by atoms with van der Waals surface area (Å²) in [5, 5.41) is 0. The first-order chi connectivity index (χ1) is 9.56. The minimum atomic E-state index is -3.28. The van der Waals surface area contributed by atoms with Gasteiger partial charge in [-0.1, -0.05) is 40.2 Å². The Labute approximate surface area is 127 Å². The minimum absolute atomic E-state index is 0.153. The summed E-state index contributed by atoms with van der Waals surface area (Å²) in [6.07, 6.45) is 0.575. The Morgan fingerprint density at radius 2 is 1.60 bits per heavy atom. The Morgan fingerprint density at radius 1 is 0.950 bits per heavy atom. The van der Waals surface area contributed by atoms with Crippen LogP contribution in [0.1, 0.15) is 11.1 Å². The van der Waals surface area contributed by atoms with E-state index in [4.69, 9.17) is 0 Å². The number of benzene rings is 2. The molecule has 0 N–H and O–H groups in total. The predicted octanol–water partition coefficient (Wildman–Crippen LogP) is 3.34. The third-order valence-electron chi connectivity index (χ3n) is 3.51. The van der Waals surface area contributed by atoms with E-state index >= 15 is 0 Å². The van der Waals surface area contributed by atoms with E-state index in [9.17, 15) is 8.42 Å². The van der Waals surface area contributed by atoms with Gasteiger partial charge in [0.05, 0.1) is 18.0 Å². The van der Waals surface area contributed by atoms with Gasteiger partial charge in [0.15, 0.2) is 0 Å². The van der Waals surface area contributed by atoms with Crippen LogP contribution >= 0.6 is 15.9 Å². The highest BCUT2D eigenvalue weighted by Gasteiger charge is 2.26. The summed E-state index contributed by atoms with van der Waals surface area (Å²) in [6.45, 7) is 0.403. The summed E-state index contributed by atoms with van der Waals surface area (Å²) in [5.74, 6) is 0.153. The molecule has 20 heavy (non-hydrogen) atoms. The molecule has 0 amide bonds. The van der Waals surface area contributed by atoms with Crippen LogP contribution in [-0.4, -0.2) is 14.2 Å². The molecule has 0 bridgehead atoms. The van der Waals surface area contributed by atoms with Crippen LogP contribution in [0.15, 0.2) is 53.0 Å². The molecular weight excluding hydrogens is 338 g/mol. The number of sulfonamides is 1. The van der Waals surface area contributed by atoms with Crippen molar-refractivity contribution in [3.8, 4) is 0 Å². The molecule has 0 aliphatic carbocycles. The smallest absolute Gasteiger partial charge is 0.235 e. The van der Waals surface area contributed by atoms with Crippen molar-refractivity contribution in [2.24, 2.45) is 0 Å². The Balaban J connectivity index is 2.06. The predicted molar refractivity (Wildman–Crippen MR) is 84.3 cm³/mol. The van der Waals surface area contributed by atoms with Gasteiger partial charge in [-0.25, -0.2) is 8.42 Å². The SMILES string of the molecule is O=S1(=O)CCc2ccccc2CN1c1ccc(Br)cc1. The van der Waals surface area contributed by atoms with Gasteiger partial charge in [0.1, 0.15) is 0 Å². The van der Waals surface area contributed by atoms with Crippen molar-refractivity contribution in [1.29, 1.82) is 0 Å². The van der Waals surface area contributed by atoms with E-state index in [2.05, 4.69) is 15.9 Å². The maximum absolute atomic E-state index is 12.5. The molecule has 0 spiro atoms. The molecular formula is C15H14BrNO2S. The van der Waals surface area contributed by atoms with Crippen molar-refractivity contribution in [3.63, 3.8) is 0 Å². The normalized spacial score (nSPS) is 17.4. The molecule has 0 fully saturated rings. The molecule has 0 unspecified atom stereocenters. The van der Waals surface area contributed by atoms with Gasteiger partial charge >= 0.3 is 0 Å². The van der Waals surface area contributed by atoms with E-state index < -0.39 is 10.0 Å². The van der Waals surface area contributed by atoms with Gasteiger partial charge in [-0.3, -0.25) is 4.31 Å². The monoisotopic (exact) mass is 351 g/mol. The summed E-state index contributed by atoms with van der Waals surface area (Å²) in [5.41, 5.74) is 2.91. The van der Waals surface area contributed by atoms with Crippen LogP contribution in [-0.2, 0) is 23.0 Å². The molecule has 3 rings (SSSR count). The van der Waals surface area contributed by atoms with Crippen LogP contribution in [0.4, 0.5) is 5.69 Å². The summed E-state index contributed by atoms with van der Waals surface area (Å²) in [4.78, 5) is 0. The standard InChI is InChI=1S/C15H14BrNO2S/c16-14-5-7-15(8-6-14)17-11-13-4-2-1-3-12(13)9-10-20(17,18)19/h1-8H,9-11H2. The zero-order valence-electron chi connectivity index (χ0n) is 10.8. The van der Waals surface area contributed by atoms with Gasteiger partial charge in [0, 0.05) is 4.47 Å². The van der Waals surface area contributed by atoms with E-state index in [1.54, 1.807) is 0 Å². The molecule has 0 saturated carbocycles. The topological polar surface area (TPSA) is 37.4 Å². The molecule has 0 radical (unpaired) electrons. The number of anilines is 1. The van der Waals surface area contributed by atoms with Crippen LogP contribution < -0.4 is 4.31 Å². The fraction of sp³-hybridized carbons (Fsp3) is 0.200. The molecule has 1 aliphatic rings. The van der Waals surface area contributed by atoms with Crippen molar-refractivity contribution in [1.82, 2.24) is 0 Å². The van der Waals surface area contributed by atoms with Gasteiger partial charge in [0.2, 0.25) is 10.0 Å². The quantitative estimate of drug-likeness (QED) is 0.789. The highest BCUT2D eigenvalue weighted by atomic mass is 79.9. The fourth-order valence-corrected chi connectivity index (χ4v) is 4.16. The maximum atomic E-state index is 12.5. The lowest BCUT2D eigenvalue weighted by atomic mass is 10.1. The maximum Gasteiger partial charge on any atom is 0.235 e. The zero-order chi connectivity index (χ0) is 14.2. The van der Waals surface area contributed by atoms with Crippen molar-refractivity contribution in [2.45, 2.75) is 13.0 Å². The van der Waals surface area contributed by atoms with Gasteiger partial charge in [-0.15, -0.1) is 0 Å². The van der Waals surface area contributed by atoms with Gasteiger partial charge in [-0.05, 0) is 41.8 Å². The summed E-state index contributed by atoms with van der Waals surface area (Å²) < 4.78 is 27.4. The van der Waals surface area contributed by atoms with Crippen molar-refractivity contribution in [3.05, 3.63) is 64.1 Å². The Morgan fingerprint density at radius 3 is 2.30 bits per heavy atom. The lowest BCUT2D eigenvalue weighted by molar-refractivity contribution is 0.591. The lowest BCUT2D eigenvalue weighted by Gasteiger charge is -2.22. The highest BCUT2D eigenvalue weighted by Crippen LogP contribution is 2.27. The van der Waals surface area contributed by atoms with E-state index in [0.717, 1.165) is 15.6 Å². The summed E-state index contributed by atoms with van der Waals surface area (Å²) in [7, 11) is -3.28. The lowest BCUT2D eigenvalue weighted by Crippen LogP contribution is -2.31. The highest BCUT2D eigenvalue weighted by molar-refractivity contribution is 9.10. The van der Waals surface area contributed by atoms with Crippen molar-refractivity contribution < 1.29 is 8.42 Å². The van der Waals surface area contributed by atoms with E-state index in [0.29, 0.717) is 18.7 Å². The Kier molecular flexibility index (Phi) is 3.56. The van der Waals surface area contributed by atoms with E-state index in [-0.39, 0.29) is 5.75 Å². The number of hydrogen-bond donors (Lipinski definition) is 0. The second-order valence-corrected chi connectivity index (χ2v) is 7.75. The Hall–Kier alpha value is -1.33. The number of rotatable bonds is 1. The third kappa shape index (κ3) is 2.60. The van der Waals surface area contributed by atoms with Crippen molar-refractivity contribution >= 4 is 31.6 Å². The van der Waals surface area contributed by atoms with Gasteiger partial charge in [0.25, 0.3) is 0 Å². The summed E-state index contributed by atoms with van der Waals surface area (Å²) >= 11 is 3.37. The van der Waals surface area contributed by atoms with Crippen LogP contribution in [0.5, 0.6) is 0 Å². The average molecular weight is 352 g/mol. The molecule has 0 aromatic heterocycles. The molecule has 5 heteroatoms. The van der Waals surface area contributed by atoms with Crippen molar-refractivity contribution in [2.75, 3.05) is 10.1 Å². The van der Waals surface area contributed by atoms with E-state index in [1.165, 1.54) is 4.31 Å². The molecule has 3 nitrogen and oxygen atoms in total. The molecule has 104 valence electrons. The molecule has 1 aliphatic heterocycles. The molecule has 2 aromatic rings. The first-order valence-corrected chi connectivity index (χ1v) is 8.79. The number of aryl methyl sites for hydroxylation is 1. The first kappa shape index (κ1) is 13.6. The Bertz CT molecular complexity index is 726.